The van der Waals surface area contributed by atoms with E-state index >= 15 is 0 Å². The lowest BCUT2D eigenvalue weighted by Gasteiger charge is -2.31. The Hall–Kier alpha value is -12.3. The third-order valence-corrected chi connectivity index (χ3v) is 20.3. The molecule has 0 bridgehead atoms. The fourth-order valence-electron chi connectivity index (χ4n) is 12.5. The number of aliphatic carboxylic acids is 4. The van der Waals surface area contributed by atoms with Crippen LogP contribution in [0, 0.1) is 35.5 Å². The van der Waals surface area contributed by atoms with E-state index in [0.717, 1.165) is 6.92 Å². The lowest BCUT2D eigenvalue weighted by atomic mass is 9.94. The third-order valence-electron chi connectivity index (χ3n) is 20.3. The van der Waals surface area contributed by atoms with Gasteiger partial charge in [0.2, 0.25) is 94.5 Å². The van der Waals surface area contributed by atoms with Crippen LogP contribution >= 0.6 is 0 Å². The summed E-state index contributed by atoms with van der Waals surface area (Å²) in [6, 6.07) is -6.09. The predicted molar refractivity (Wildman–Crippen MR) is 455 cm³/mol. The zero-order valence-electron chi connectivity index (χ0n) is 73.8. The van der Waals surface area contributed by atoms with Gasteiger partial charge < -0.3 is 122 Å². The molecule has 0 spiro atoms. The summed E-state index contributed by atoms with van der Waals surface area (Å²) in [5.41, 5.74) is 13.1. The summed E-state index contributed by atoms with van der Waals surface area (Å²) < 4.78 is 0. The molecule has 0 aliphatic heterocycles. The summed E-state index contributed by atoms with van der Waals surface area (Å²) in [6.45, 7) is 19.3. The number of hydrogen-bond donors (Lipinski definition) is 23. The van der Waals surface area contributed by atoms with E-state index in [9.17, 15) is 116 Å². The van der Waals surface area contributed by atoms with E-state index in [4.69, 9.17) is 16.6 Å². The number of carboxylic acid groups (broad SMARTS) is 4. The third kappa shape index (κ3) is 39.7. The summed E-state index contributed by atoms with van der Waals surface area (Å²) in [5.74, 6) is -25.6. The van der Waals surface area contributed by atoms with Gasteiger partial charge in [-0.05, 0) is 106 Å². The van der Waals surface area contributed by atoms with Crippen LogP contribution in [0.15, 0.2) is 60.7 Å². The zero-order chi connectivity index (χ0) is 95.5. The second-order valence-electron chi connectivity index (χ2n) is 32.4. The second kappa shape index (κ2) is 55.8. The first kappa shape index (κ1) is 110. The molecular weight excluding hydrogens is 1650 g/mol. The van der Waals surface area contributed by atoms with Crippen molar-refractivity contribution in [3.8, 4) is 0 Å². The summed E-state index contributed by atoms with van der Waals surface area (Å²) in [5, 5.41) is 87.4. The van der Waals surface area contributed by atoms with E-state index in [0.29, 0.717) is 17.5 Å². The van der Waals surface area contributed by atoms with Crippen LogP contribution in [0.5, 0.6) is 0 Å². The summed E-state index contributed by atoms with van der Waals surface area (Å²) >= 11 is 0. The molecule has 2 aromatic carbocycles. The number of aliphatic hydroxyl groups is 1. The molecule has 0 radical (unpaired) electrons. The Morgan fingerprint density at radius 3 is 1.17 bits per heavy atom. The van der Waals surface area contributed by atoms with Crippen LogP contribution < -0.4 is 96.5 Å². The first-order chi connectivity index (χ1) is 59.1. The first-order valence-corrected chi connectivity index (χ1v) is 41.9. The molecule has 16 amide bonds. The molecule has 702 valence electrons. The van der Waals surface area contributed by atoms with Crippen molar-refractivity contribution in [2.75, 3.05) is 26.2 Å². The number of nitrogens with one attached hydrogen (secondary N) is 16. The van der Waals surface area contributed by atoms with Gasteiger partial charge in [0.15, 0.2) is 0 Å². The van der Waals surface area contributed by atoms with Crippen molar-refractivity contribution in [1.29, 1.82) is 0 Å². The van der Waals surface area contributed by atoms with Gasteiger partial charge in [-0.2, -0.15) is 0 Å². The van der Waals surface area contributed by atoms with Gasteiger partial charge in [-0.15, -0.1) is 0 Å². The lowest BCUT2D eigenvalue weighted by Crippen LogP contribution is -2.62. The number of unbranched alkanes of at least 4 members (excludes halogenated alkanes) is 1. The van der Waals surface area contributed by atoms with Crippen molar-refractivity contribution in [1.82, 2.24) is 85.1 Å². The standard InChI is InChI=1S/C83H130N18O25/c1-15-45(11)67(101-83(126)68(46(12)16-2)100-77(120)54(33-41(3)4)95-80(123)65(43(7)8)98-74(117)53(30-31-60(104)105)91-71(114)51(85)34-49-25-19-17-20-26-49)82(125)89-47(13)69(112)96-58(40-102)78(121)94-57(37-62(108)109)76(119)93-56(36-61(106)107)72(115)86-38-59(103)90-55(35-50-27-21-18-22-28-50)75(118)92-52(29-23-24-32-84)73(116)88-48(14)70(113)97-66(44(9)10)81(124)99-64(42(5)6)79(122)87-39-63(110)111/h17-22,25-28,41-48,51-58,64-68,102H,15-16,23-24,29-40,84-85H2,1-14H3,(H,86,115)(H,87,122)(H,88,116)(H,89,125)(H,90,103)(H,91,114)(H,92,118)(H,93,119)(H,94,121)(H,95,123)(H,96,112)(H,97,113)(H,98,117)(H,99,124)(H,100,120)(H,101,126)(H,104,105)(H,106,107)(H,108,109)(H,110,111)/t45-,46-,47-,48-,51-,52-,53-,54-,55-,56-,57-,58-,64-,65-,66-,67-,68-/m0/s1. The van der Waals surface area contributed by atoms with Crippen LogP contribution in [0.4, 0.5) is 0 Å². The second-order valence-corrected chi connectivity index (χ2v) is 32.4. The molecule has 0 fully saturated rings. The zero-order valence-corrected chi connectivity index (χ0v) is 73.8. The summed E-state index contributed by atoms with van der Waals surface area (Å²) in [6.07, 6.45) is -2.55. The van der Waals surface area contributed by atoms with Gasteiger partial charge in [-0.3, -0.25) is 95.9 Å². The molecule has 43 nitrogen and oxygen atoms in total. The van der Waals surface area contributed by atoms with Crippen molar-refractivity contribution in [3.05, 3.63) is 71.8 Å². The molecule has 0 unspecified atom stereocenters. The fraction of sp³-hybridized carbons (Fsp3) is 0.614. The molecule has 43 heteroatoms. The van der Waals surface area contributed by atoms with Gasteiger partial charge in [0.25, 0.3) is 0 Å². The minimum atomic E-state index is -2.20. The average molecular weight is 1780 g/mol. The number of carbonyl (C=O) groups is 20. The number of rotatable bonds is 58. The molecule has 2 rings (SSSR count). The Labute approximate surface area is 731 Å². The first-order valence-electron chi connectivity index (χ1n) is 41.9. The van der Waals surface area contributed by atoms with E-state index in [1.54, 1.807) is 144 Å². The van der Waals surface area contributed by atoms with Gasteiger partial charge in [-0.25, -0.2) is 0 Å². The Kier molecular flexibility index (Phi) is 48.7. The number of amides is 16. The van der Waals surface area contributed by atoms with E-state index in [1.807, 2.05) is 10.6 Å². The van der Waals surface area contributed by atoms with E-state index < -0.39 is 278 Å². The fourth-order valence-corrected chi connectivity index (χ4v) is 12.5. The average Bonchev–Trinajstić information content (AvgIpc) is 0.937. The minimum Gasteiger partial charge on any atom is -0.481 e. The maximum Gasteiger partial charge on any atom is 0.322 e. The molecule has 25 N–H and O–H groups in total. The highest BCUT2D eigenvalue weighted by molar-refractivity contribution is 6.02. The summed E-state index contributed by atoms with van der Waals surface area (Å²) in [7, 11) is 0. The molecule has 0 aromatic heterocycles. The molecule has 0 saturated carbocycles. The van der Waals surface area contributed by atoms with Gasteiger partial charge in [0.1, 0.15) is 91.1 Å². The molecule has 17 atom stereocenters. The molecule has 0 aliphatic carbocycles. The van der Waals surface area contributed by atoms with Crippen molar-refractivity contribution in [2.24, 2.45) is 47.0 Å². The normalized spacial score (nSPS) is 15.2. The molecule has 0 saturated heterocycles. The number of carbonyl (C=O) groups excluding carboxylic acids is 16. The molecule has 0 aliphatic rings. The Bertz CT molecular complexity index is 4040. The minimum absolute atomic E-state index is 0.00500. The Balaban J connectivity index is 2.32. The number of benzene rings is 2. The van der Waals surface area contributed by atoms with Gasteiger partial charge in [0.05, 0.1) is 32.0 Å². The molecular formula is C83H130N18O25. The van der Waals surface area contributed by atoms with Gasteiger partial charge in [-0.1, -0.05) is 157 Å². The van der Waals surface area contributed by atoms with E-state index in [1.165, 1.54) is 6.92 Å². The lowest BCUT2D eigenvalue weighted by molar-refractivity contribution is -0.143. The maximum absolute atomic E-state index is 14.5. The van der Waals surface area contributed by atoms with Gasteiger partial charge in [0, 0.05) is 12.8 Å². The van der Waals surface area contributed by atoms with Crippen molar-refractivity contribution >= 4 is 118 Å². The Morgan fingerprint density at radius 2 is 0.690 bits per heavy atom. The van der Waals surface area contributed by atoms with Crippen LogP contribution in [0.2, 0.25) is 0 Å². The van der Waals surface area contributed by atoms with Crippen LogP contribution in [0.3, 0.4) is 0 Å². The highest BCUT2D eigenvalue weighted by Gasteiger charge is 2.41. The molecule has 126 heavy (non-hydrogen) atoms. The summed E-state index contributed by atoms with van der Waals surface area (Å²) in [4.78, 5) is 269. The quantitative estimate of drug-likeness (QED) is 0.0281. The Morgan fingerprint density at radius 1 is 0.333 bits per heavy atom. The monoisotopic (exact) mass is 1780 g/mol. The largest absolute Gasteiger partial charge is 0.481 e. The van der Waals surface area contributed by atoms with E-state index in [2.05, 4.69) is 74.4 Å². The molecule has 2 aromatic rings. The topological polar surface area (TPSA) is 687 Å². The highest BCUT2D eigenvalue weighted by Crippen LogP contribution is 2.18. The SMILES string of the molecule is CC[C@H](C)[C@H](NC(=O)[C@H](CC(C)C)NC(=O)[C@@H](NC(=O)[C@H](CCC(=O)O)NC(=O)[C@@H](N)Cc1ccccc1)C(C)C)C(=O)N[C@H](C(=O)N[C@@H](C)C(=O)N[C@@H](CO)C(=O)N[C@@H](CC(=O)O)C(=O)N[C@@H](CC(=O)O)C(=O)NCC(=O)N[C@@H](Cc1ccccc1)C(=O)N[C@@H](CCCCN)C(=O)N[C@@H](C)C(=O)N[C@H](C(=O)N[C@H](C(=O)NCC(=O)O)C(C)C)C(C)C)[C@@H](C)CC. The van der Waals surface area contributed by atoms with Crippen LogP contribution in [0.25, 0.3) is 0 Å². The van der Waals surface area contributed by atoms with Crippen molar-refractivity contribution < 1.29 is 121 Å². The van der Waals surface area contributed by atoms with Gasteiger partial charge >= 0.3 is 23.9 Å². The smallest absolute Gasteiger partial charge is 0.322 e. The number of aliphatic hydroxyl groups excluding tert-OH is 1. The number of nitrogens with two attached hydrogens (primary N) is 2. The van der Waals surface area contributed by atoms with Crippen LogP contribution in [-0.4, -0.2) is 261 Å². The van der Waals surface area contributed by atoms with E-state index in [-0.39, 0.29) is 63.8 Å². The number of carboxylic acids is 4. The maximum atomic E-state index is 14.5. The van der Waals surface area contributed by atoms with Crippen molar-refractivity contribution in [3.63, 3.8) is 0 Å². The van der Waals surface area contributed by atoms with Crippen LogP contribution in [0.1, 0.15) is 172 Å². The molecule has 0 heterocycles. The van der Waals surface area contributed by atoms with Crippen molar-refractivity contribution in [2.45, 2.75) is 265 Å². The predicted octanol–water partition coefficient (Wildman–Crippen LogP) is -4.02. The number of hydrogen-bond acceptors (Lipinski definition) is 23. The van der Waals surface area contributed by atoms with Crippen LogP contribution in [-0.2, 0) is 109 Å². The highest BCUT2D eigenvalue weighted by atomic mass is 16.4.